The maximum atomic E-state index is 13.3. The van der Waals surface area contributed by atoms with E-state index in [1.807, 2.05) is 19.0 Å². The Labute approximate surface area is 164 Å². The van der Waals surface area contributed by atoms with Crippen molar-refractivity contribution in [1.29, 1.82) is 0 Å². The van der Waals surface area contributed by atoms with Gasteiger partial charge in [-0.25, -0.2) is 0 Å². The molecule has 0 radical (unpaired) electrons. The number of carbonyl (C=O) groups is 1. The molecule has 3 nitrogen and oxygen atoms in total. The van der Waals surface area contributed by atoms with Crippen LogP contribution in [0, 0.1) is 5.41 Å². The molecule has 26 heavy (non-hydrogen) atoms. The van der Waals surface area contributed by atoms with Gasteiger partial charge in [-0.3, -0.25) is 4.79 Å². The van der Waals surface area contributed by atoms with Crippen molar-refractivity contribution in [1.82, 2.24) is 0 Å². The minimum absolute atomic E-state index is 0.147. The molecular formula is C22H25BrN2O. The fraction of sp³-hybridized carbons (Fsp3) is 0.409. The molecule has 1 aliphatic carbocycles. The Morgan fingerprint density at radius 3 is 2.15 bits per heavy atom. The lowest BCUT2D eigenvalue weighted by Crippen LogP contribution is -2.64. The van der Waals surface area contributed by atoms with E-state index in [1.54, 1.807) is 0 Å². The smallest absolute Gasteiger partial charge is 0.236 e. The molecule has 4 heteroatoms. The summed E-state index contributed by atoms with van der Waals surface area (Å²) >= 11 is 3.53. The first kappa shape index (κ1) is 17.6. The van der Waals surface area contributed by atoms with E-state index < -0.39 is 0 Å². The summed E-state index contributed by atoms with van der Waals surface area (Å²) in [6, 6.07) is 17.0. The van der Waals surface area contributed by atoms with Crippen LogP contribution in [-0.4, -0.2) is 20.0 Å². The van der Waals surface area contributed by atoms with Gasteiger partial charge in [0.15, 0.2) is 0 Å². The van der Waals surface area contributed by atoms with Gasteiger partial charge in [-0.05, 0) is 54.8 Å². The Bertz CT molecular complexity index is 792. The molecule has 1 amide bonds. The number of amides is 1. The van der Waals surface area contributed by atoms with Crippen LogP contribution < -0.4 is 9.80 Å². The molecule has 0 bridgehead atoms. The first-order valence-corrected chi connectivity index (χ1v) is 10.2. The summed E-state index contributed by atoms with van der Waals surface area (Å²) < 4.78 is 1.08. The lowest BCUT2D eigenvalue weighted by atomic mass is 9.60. The summed E-state index contributed by atoms with van der Waals surface area (Å²) in [4.78, 5) is 17.4. The molecule has 0 aromatic heterocycles. The lowest BCUT2D eigenvalue weighted by molar-refractivity contribution is -0.143. The van der Waals surface area contributed by atoms with Gasteiger partial charge in [0.05, 0.1) is 11.5 Å². The molecule has 0 N–H and O–H groups in total. The van der Waals surface area contributed by atoms with Gasteiger partial charge in [-0.1, -0.05) is 47.3 Å². The monoisotopic (exact) mass is 412 g/mol. The molecule has 136 valence electrons. The normalized spacial score (nSPS) is 21.6. The molecule has 1 aliphatic heterocycles. The standard InChI is InChI=1S/C22H25BrN2O/c1-24(2)18-10-12-19(13-11-18)25-20(16-6-8-17(23)9-7-16)22(21(25)26)14-4-3-5-15-22/h6-13,20H,3-5,14-15H2,1-2H3/t20-/m0/s1. The molecule has 1 saturated heterocycles. The van der Waals surface area contributed by atoms with Gasteiger partial charge in [0.2, 0.25) is 5.91 Å². The van der Waals surface area contributed by atoms with E-state index in [4.69, 9.17) is 0 Å². The number of halogens is 1. The predicted molar refractivity (Wildman–Crippen MR) is 111 cm³/mol. The van der Waals surface area contributed by atoms with Crippen molar-refractivity contribution in [3.63, 3.8) is 0 Å². The minimum atomic E-state index is -0.202. The summed E-state index contributed by atoms with van der Waals surface area (Å²) in [6.45, 7) is 0. The van der Waals surface area contributed by atoms with Crippen LogP contribution in [0.4, 0.5) is 11.4 Å². The lowest BCUT2D eigenvalue weighted by Gasteiger charge is -2.58. The number of anilines is 2. The summed E-state index contributed by atoms with van der Waals surface area (Å²) in [7, 11) is 4.07. The van der Waals surface area contributed by atoms with Crippen LogP contribution in [0.25, 0.3) is 0 Å². The van der Waals surface area contributed by atoms with Crippen molar-refractivity contribution < 1.29 is 4.79 Å². The first-order chi connectivity index (χ1) is 12.5. The third-order valence-corrected chi connectivity index (χ3v) is 6.53. The Morgan fingerprint density at radius 1 is 0.962 bits per heavy atom. The van der Waals surface area contributed by atoms with Crippen LogP contribution in [0.2, 0.25) is 0 Å². The number of β-lactam (4-membered cyclic amide) rings is 1. The second-order valence-corrected chi connectivity index (χ2v) is 8.67. The van der Waals surface area contributed by atoms with Gasteiger partial charge in [0.1, 0.15) is 0 Å². The molecule has 2 fully saturated rings. The molecule has 1 saturated carbocycles. The maximum absolute atomic E-state index is 13.3. The molecule has 2 aromatic rings. The van der Waals surface area contributed by atoms with Gasteiger partial charge in [0.25, 0.3) is 0 Å². The molecule has 1 spiro atoms. The highest BCUT2D eigenvalue weighted by Crippen LogP contribution is 2.59. The number of nitrogens with zero attached hydrogens (tertiary/aromatic N) is 2. The fourth-order valence-electron chi connectivity index (χ4n) is 4.62. The summed E-state index contributed by atoms with van der Waals surface area (Å²) in [5.74, 6) is 0.308. The van der Waals surface area contributed by atoms with Gasteiger partial charge in [-0.2, -0.15) is 0 Å². The third-order valence-electron chi connectivity index (χ3n) is 6.00. The minimum Gasteiger partial charge on any atom is -0.378 e. The van der Waals surface area contributed by atoms with Crippen molar-refractivity contribution in [3.05, 3.63) is 58.6 Å². The van der Waals surface area contributed by atoms with Crippen LogP contribution in [-0.2, 0) is 4.79 Å². The van der Waals surface area contributed by atoms with E-state index in [9.17, 15) is 4.79 Å². The number of benzene rings is 2. The Hall–Kier alpha value is -1.81. The van der Waals surface area contributed by atoms with E-state index in [-0.39, 0.29) is 11.5 Å². The quantitative estimate of drug-likeness (QED) is 0.616. The van der Waals surface area contributed by atoms with Crippen molar-refractivity contribution in [3.8, 4) is 0 Å². The summed E-state index contributed by atoms with van der Waals surface area (Å²) in [5, 5.41) is 0. The number of hydrogen-bond acceptors (Lipinski definition) is 2. The Kier molecular flexibility index (Phi) is 4.55. The van der Waals surface area contributed by atoms with Crippen molar-refractivity contribution in [2.24, 2.45) is 5.41 Å². The van der Waals surface area contributed by atoms with E-state index in [2.05, 4.69) is 69.4 Å². The number of carbonyl (C=O) groups excluding carboxylic acids is 1. The zero-order chi connectivity index (χ0) is 18.3. The van der Waals surface area contributed by atoms with Gasteiger partial charge in [-0.15, -0.1) is 0 Å². The van der Waals surface area contributed by atoms with Crippen LogP contribution in [0.1, 0.15) is 43.7 Å². The largest absolute Gasteiger partial charge is 0.378 e. The average Bonchev–Trinajstić information content (AvgIpc) is 2.67. The van der Waals surface area contributed by atoms with Gasteiger partial charge < -0.3 is 9.80 Å². The highest BCUT2D eigenvalue weighted by atomic mass is 79.9. The van der Waals surface area contributed by atoms with E-state index >= 15 is 0 Å². The first-order valence-electron chi connectivity index (χ1n) is 9.39. The van der Waals surface area contributed by atoms with Crippen molar-refractivity contribution in [2.45, 2.75) is 38.1 Å². The summed E-state index contributed by atoms with van der Waals surface area (Å²) in [5.41, 5.74) is 3.19. The van der Waals surface area contributed by atoms with Gasteiger partial charge >= 0.3 is 0 Å². The molecule has 2 aromatic carbocycles. The number of hydrogen-bond donors (Lipinski definition) is 0. The summed E-state index contributed by atoms with van der Waals surface area (Å²) in [6.07, 6.45) is 5.59. The molecule has 0 unspecified atom stereocenters. The zero-order valence-corrected chi connectivity index (χ0v) is 17.0. The fourth-order valence-corrected chi connectivity index (χ4v) is 4.88. The molecule has 2 aliphatic rings. The van der Waals surface area contributed by atoms with Crippen LogP contribution in [0.3, 0.4) is 0 Å². The highest BCUT2D eigenvalue weighted by Gasteiger charge is 2.61. The third kappa shape index (κ3) is 2.75. The van der Waals surface area contributed by atoms with Crippen LogP contribution in [0.15, 0.2) is 53.0 Å². The zero-order valence-electron chi connectivity index (χ0n) is 15.4. The van der Waals surface area contributed by atoms with E-state index in [1.165, 1.54) is 12.0 Å². The molecule has 1 heterocycles. The van der Waals surface area contributed by atoms with Crippen molar-refractivity contribution in [2.75, 3.05) is 23.9 Å². The Balaban J connectivity index is 1.72. The second kappa shape index (κ2) is 6.73. The second-order valence-electron chi connectivity index (χ2n) is 7.76. The van der Waals surface area contributed by atoms with E-state index in [0.717, 1.165) is 41.5 Å². The van der Waals surface area contributed by atoms with E-state index in [0.29, 0.717) is 5.91 Å². The predicted octanol–water partition coefficient (Wildman–Crippen LogP) is 5.55. The van der Waals surface area contributed by atoms with Gasteiger partial charge in [0, 0.05) is 29.9 Å². The molecular weight excluding hydrogens is 388 g/mol. The number of rotatable bonds is 3. The van der Waals surface area contributed by atoms with Crippen molar-refractivity contribution >= 4 is 33.2 Å². The highest BCUT2D eigenvalue weighted by molar-refractivity contribution is 9.10. The average molecular weight is 413 g/mol. The topological polar surface area (TPSA) is 23.6 Å². The molecule has 4 rings (SSSR count). The Morgan fingerprint density at radius 2 is 1.58 bits per heavy atom. The molecule has 1 atom stereocenters. The SMILES string of the molecule is CN(C)c1ccc(N2C(=O)C3(CCCCC3)[C@@H]2c2ccc(Br)cc2)cc1. The van der Waals surface area contributed by atoms with Crippen LogP contribution >= 0.6 is 15.9 Å². The maximum Gasteiger partial charge on any atom is 0.236 e. The van der Waals surface area contributed by atoms with Crippen LogP contribution in [0.5, 0.6) is 0 Å².